The Labute approximate surface area is 107 Å². The highest BCUT2D eigenvalue weighted by molar-refractivity contribution is 7.09. The van der Waals surface area contributed by atoms with Crippen molar-refractivity contribution in [1.82, 2.24) is 9.88 Å². The number of carbonyl (C=O) groups excluding carboxylic acids is 1. The van der Waals surface area contributed by atoms with E-state index in [9.17, 15) is 4.79 Å². The summed E-state index contributed by atoms with van der Waals surface area (Å²) in [6, 6.07) is 0.515. The van der Waals surface area contributed by atoms with Crippen LogP contribution in [0.15, 0.2) is 11.6 Å². The van der Waals surface area contributed by atoms with E-state index >= 15 is 0 Å². The molecule has 1 amide bonds. The molecule has 0 N–H and O–H groups in total. The maximum absolute atomic E-state index is 12.1. The molecule has 1 aromatic rings. The van der Waals surface area contributed by atoms with Gasteiger partial charge >= 0.3 is 0 Å². The van der Waals surface area contributed by atoms with Gasteiger partial charge in [-0.25, -0.2) is 4.98 Å². The fourth-order valence-corrected chi connectivity index (χ4v) is 2.57. The fourth-order valence-electron chi connectivity index (χ4n) is 1.96. The summed E-state index contributed by atoms with van der Waals surface area (Å²) in [5.41, 5.74) is 0. The smallest absolute Gasteiger partial charge is 0.223 e. The molecule has 0 saturated heterocycles. The van der Waals surface area contributed by atoms with Gasteiger partial charge in [-0.2, -0.15) is 0 Å². The summed E-state index contributed by atoms with van der Waals surface area (Å²) in [6.45, 7) is 5.04. The molecule has 1 aliphatic carbocycles. The number of hydrogen-bond acceptors (Lipinski definition) is 3. The maximum atomic E-state index is 12.1. The van der Waals surface area contributed by atoms with Gasteiger partial charge in [0.25, 0.3) is 0 Å². The molecule has 17 heavy (non-hydrogen) atoms. The minimum atomic E-state index is 0.319. The highest BCUT2D eigenvalue weighted by Crippen LogP contribution is 2.28. The highest BCUT2D eigenvalue weighted by Gasteiger charge is 2.32. The SMILES string of the molecule is CC(C)CC(=O)N(CCc1nccs1)C1CC1. The zero-order chi connectivity index (χ0) is 12.3. The standard InChI is InChI=1S/C13H20N2OS/c1-10(2)9-13(16)15(11-3-4-11)7-5-12-14-6-8-17-12/h6,8,10-11H,3-5,7,9H2,1-2H3. The topological polar surface area (TPSA) is 33.2 Å². The first-order valence-corrected chi connectivity index (χ1v) is 7.22. The molecule has 0 unspecified atom stereocenters. The molecule has 0 bridgehead atoms. The van der Waals surface area contributed by atoms with E-state index < -0.39 is 0 Å². The van der Waals surface area contributed by atoms with Crippen molar-refractivity contribution in [2.75, 3.05) is 6.54 Å². The number of nitrogens with zero attached hydrogens (tertiary/aromatic N) is 2. The van der Waals surface area contributed by atoms with Gasteiger partial charge in [0.1, 0.15) is 0 Å². The summed E-state index contributed by atoms with van der Waals surface area (Å²) >= 11 is 1.67. The molecule has 0 aliphatic heterocycles. The van der Waals surface area contributed by atoms with Crippen molar-refractivity contribution >= 4 is 17.2 Å². The second kappa shape index (κ2) is 5.63. The molecule has 0 spiro atoms. The number of thiazole rings is 1. The van der Waals surface area contributed by atoms with Gasteiger partial charge in [-0.1, -0.05) is 13.8 Å². The molecular formula is C13H20N2OS. The molecule has 1 heterocycles. The predicted molar refractivity (Wildman–Crippen MR) is 70.0 cm³/mol. The van der Waals surface area contributed by atoms with Crippen LogP contribution < -0.4 is 0 Å². The first-order valence-electron chi connectivity index (χ1n) is 6.34. The van der Waals surface area contributed by atoms with Crippen molar-refractivity contribution in [2.24, 2.45) is 5.92 Å². The van der Waals surface area contributed by atoms with Crippen molar-refractivity contribution in [3.05, 3.63) is 16.6 Å². The quantitative estimate of drug-likeness (QED) is 0.780. The van der Waals surface area contributed by atoms with Gasteiger partial charge < -0.3 is 4.90 Å². The molecule has 1 saturated carbocycles. The van der Waals surface area contributed by atoms with Gasteiger partial charge in [0.15, 0.2) is 0 Å². The zero-order valence-electron chi connectivity index (χ0n) is 10.6. The lowest BCUT2D eigenvalue weighted by Crippen LogP contribution is -2.35. The summed E-state index contributed by atoms with van der Waals surface area (Å²) in [6.07, 6.45) is 5.77. The number of rotatable bonds is 6. The zero-order valence-corrected chi connectivity index (χ0v) is 11.4. The largest absolute Gasteiger partial charge is 0.339 e. The number of aromatic nitrogens is 1. The third-order valence-electron chi connectivity index (χ3n) is 2.94. The van der Waals surface area contributed by atoms with Gasteiger partial charge in [-0.3, -0.25) is 4.79 Å². The Bertz CT molecular complexity index is 358. The van der Waals surface area contributed by atoms with Gasteiger partial charge in [0.05, 0.1) is 5.01 Å². The van der Waals surface area contributed by atoms with Crippen LogP contribution in [0.3, 0.4) is 0 Å². The van der Waals surface area contributed by atoms with Gasteiger partial charge in [0.2, 0.25) is 5.91 Å². The molecule has 3 nitrogen and oxygen atoms in total. The molecular weight excluding hydrogens is 232 g/mol. The lowest BCUT2D eigenvalue weighted by atomic mass is 10.1. The molecule has 0 radical (unpaired) electrons. The molecule has 0 aromatic carbocycles. The summed E-state index contributed by atoms with van der Waals surface area (Å²) in [5.74, 6) is 0.766. The van der Waals surface area contributed by atoms with Crippen LogP contribution >= 0.6 is 11.3 Å². The van der Waals surface area contributed by atoms with Crippen molar-refractivity contribution in [2.45, 2.75) is 45.6 Å². The Morgan fingerprint density at radius 1 is 1.59 bits per heavy atom. The molecule has 2 rings (SSSR count). The third kappa shape index (κ3) is 3.80. The Morgan fingerprint density at radius 3 is 2.88 bits per heavy atom. The summed E-state index contributed by atoms with van der Waals surface area (Å²) in [7, 11) is 0. The Hall–Kier alpha value is -0.900. The summed E-state index contributed by atoms with van der Waals surface area (Å²) < 4.78 is 0. The van der Waals surface area contributed by atoms with Crippen LogP contribution in [0.4, 0.5) is 0 Å². The van der Waals surface area contributed by atoms with Crippen LogP contribution in [0.5, 0.6) is 0 Å². The number of carbonyl (C=O) groups is 1. The molecule has 94 valence electrons. The van der Waals surface area contributed by atoms with E-state index in [2.05, 4.69) is 23.7 Å². The van der Waals surface area contributed by atoms with Crippen LogP contribution in [0.2, 0.25) is 0 Å². The minimum Gasteiger partial charge on any atom is -0.339 e. The second-order valence-electron chi connectivity index (χ2n) is 5.09. The van der Waals surface area contributed by atoms with E-state index in [0.717, 1.165) is 18.0 Å². The van der Waals surface area contributed by atoms with E-state index in [1.807, 2.05) is 11.6 Å². The highest BCUT2D eigenvalue weighted by atomic mass is 32.1. The van der Waals surface area contributed by atoms with Crippen molar-refractivity contribution in [3.63, 3.8) is 0 Å². The third-order valence-corrected chi connectivity index (χ3v) is 3.78. The molecule has 4 heteroatoms. The van der Waals surface area contributed by atoms with Crippen LogP contribution in [-0.4, -0.2) is 28.4 Å². The molecule has 1 aliphatic rings. The van der Waals surface area contributed by atoms with E-state index in [1.54, 1.807) is 11.3 Å². The average Bonchev–Trinajstić information content (AvgIpc) is 2.94. The van der Waals surface area contributed by atoms with E-state index in [0.29, 0.717) is 24.3 Å². The Morgan fingerprint density at radius 2 is 2.35 bits per heavy atom. The lowest BCUT2D eigenvalue weighted by Gasteiger charge is -2.23. The minimum absolute atomic E-state index is 0.319. The van der Waals surface area contributed by atoms with E-state index in [4.69, 9.17) is 0 Å². The van der Waals surface area contributed by atoms with Gasteiger partial charge in [-0.15, -0.1) is 11.3 Å². The second-order valence-corrected chi connectivity index (χ2v) is 6.07. The maximum Gasteiger partial charge on any atom is 0.223 e. The van der Waals surface area contributed by atoms with Crippen molar-refractivity contribution in [3.8, 4) is 0 Å². The predicted octanol–water partition coefficient (Wildman–Crippen LogP) is 2.72. The van der Waals surface area contributed by atoms with Crippen molar-refractivity contribution in [1.29, 1.82) is 0 Å². The normalized spacial score (nSPS) is 15.2. The molecule has 1 aromatic heterocycles. The first-order chi connectivity index (χ1) is 8.16. The Balaban J connectivity index is 1.86. The average molecular weight is 252 g/mol. The van der Waals surface area contributed by atoms with Gasteiger partial charge in [0, 0.05) is 37.0 Å². The van der Waals surface area contributed by atoms with E-state index in [-0.39, 0.29) is 0 Å². The lowest BCUT2D eigenvalue weighted by molar-refractivity contribution is -0.132. The summed E-state index contributed by atoms with van der Waals surface area (Å²) in [5, 5.41) is 3.13. The van der Waals surface area contributed by atoms with Crippen LogP contribution in [0.25, 0.3) is 0 Å². The number of hydrogen-bond donors (Lipinski definition) is 0. The summed E-state index contributed by atoms with van der Waals surface area (Å²) in [4.78, 5) is 18.4. The number of amides is 1. The van der Waals surface area contributed by atoms with Crippen LogP contribution in [-0.2, 0) is 11.2 Å². The van der Waals surface area contributed by atoms with Crippen LogP contribution in [0, 0.1) is 5.92 Å². The van der Waals surface area contributed by atoms with E-state index in [1.165, 1.54) is 12.8 Å². The first kappa shape index (κ1) is 12.6. The van der Waals surface area contributed by atoms with Crippen LogP contribution in [0.1, 0.15) is 38.1 Å². The molecule has 0 atom stereocenters. The Kier molecular flexibility index (Phi) is 4.15. The van der Waals surface area contributed by atoms with Crippen molar-refractivity contribution < 1.29 is 4.79 Å². The molecule has 1 fully saturated rings. The monoisotopic (exact) mass is 252 g/mol. The fraction of sp³-hybridized carbons (Fsp3) is 0.692. The van der Waals surface area contributed by atoms with Gasteiger partial charge in [-0.05, 0) is 18.8 Å².